The first kappa shape index (κ1) is 14.1. The third-order valence-corrected chi connectivity index (χ3v) is 3.31. The second kappa shape index (κ2) is 6.25. The van der Waals surface area contributed by atoms with Gasteiger partial charge in [-0.1, -0.05) is 12.1 Å². The van der Waals surface area contributed by atoms with Crippen molar-refractivity contribution in [1.29, 1.82) is 0 Å². The first-order valence-electron chi connectivity index (χ1n) is 6.38. The summed E-state index contributed by atoms with van der Waals surface area (Å²) in [5, 5.41) is 9.21. The smallest absolute Gasteiger partial charge is 0.320 e. The number of carboxylic acid groups (broad SMARTS) is 1. The number of carboxylic acids is 1. The van der Waals surface area contributed by atoms with Crippen LogP contribution in [-0.2, 0) is 4.79 Å². The molecule has 5 nitrogen and oxygen atoms in total. The highest BCUT2D eigenvalue weighted by Crippen LogP contribution is 2.26. The summed E-state index contributed by atoms with van der Waals surface area (Å²) in [7, 11) is 1.77. The van der Waals surface area contributed by atoms with Gasteiger partial charge in [-0.15, -0.1) is 0 Å². The molecule has 0 aliphatic carbocycles. The van der Waals surface area contributed by atoms with Crippen LogP contribution in [0.25, 0.3) is 0 Å². The van der Waals surface area contributed by atoms with Crippen molar-refractivity contribution in [2.75, 3.05) is 7.05 Å². The van der Waals surface area contributed by atoms with Crippen LogP contribution in [0.1, 0.15) is 24.4 Å². The molecule has 0 bridgehead atoms. The Balaban J connectivity index is 2.43. The molecule has 0 saturated heterocycles. The molecule has 2 heterocycles. The van der Waals surface area contributed by atoms with Crippen molar-refractivity contribution in [3.8, 4) is 0 Å². The van der Waals surface area contributed by atoms with Crippen LogP contribution < -0.4 is 0 Å². The van der Waals surface area contributed by atoms with Crippen LogP contribution in [0.2, 0.25) is 0 Å². The molecule has 20 heavy (non-hydrogen) atoms. The summed E-state index contributed by atoms with van der Waals surface area (Å²) in [6, 6.07) is 10.3. The predicted octanol–water partition coefficient (Wildman–Crippen LogP) is 1.97. The topological polar surface area (TPSA) is 66.3 Å². The Morgan fingerprint density at radius 2 is 1.60 bits per heavy atom. The number of rotatable bonds is 5. The summed E-state index contributed by atoms with van der Waals surface area (Å²) in [5.41, 5.74) is 1.56. The fraction of sp³-hybridized carbons (Fsp3) is 0.267. The van der Waals surface area contributed by atoms with E-state index in [9.17, 15) is 9.90 Å². The largest absolute Gasteiger partial charge is 0.480 e. The minimum Gasteiger partial charge on any atom is -0.480 e. The van der Waals surface area contributed by atoms with Gasteiger partial charge < -0.3 is 5.11 Å². The summed E-state index contributed by atoms with van der Waals surface area (Å²) in [6.45, 7) is 1.65. The highest BCUT2D eigenvalue weighted by atomic mass is 16.4. The van der Waals surface area contributed by atoms with Gasteiger partial charge in [-0.3, -0.25) is 19.7 Å². The van der Waals surface area contributed by atoms with Crippen LogP contribution in [-0.4, -0.2) is 39.0 Å². The maximum absolute atomic E-state index is 11.2. The number of hydrogen-bond acceptors (Lipinski definition) is 4. The maximum Gasteiger partial charge on any atom is 0.320 e. The van der Waals surface area contributed by atoms with Crippen LogP contribution in [0, 0.1) is 0 Å². The van der Waals surface area contributed by atoms with E-state index in [2.05, 4.69) is 9.97 Å². The monoisotopic (exact) mass is 271 g/mol. The standard InChI is InChI=1S/C15H17N3O2/c1-11(15(19)20)18(2)14(12-7-3-5-9-16-12)13-8-4-6-10-17-13/h3-11,14H,1-2H3,(H,19,20)/t11-/m0/s1. The quantitative estimate of drug-likeness (QED) is 0.900. The van der Waals surface area contributed by atoms with Crippen molar-refractivity contribution in [2.45, 2.75) is 19.0 Å². The van der Waals surface area contributed by atoms with Crippen LogP contribution >= 0.6 is 0 Å². The summed E-state index contributed by atoms with van der Waals surface area (Å²) < 4.78 is 0. The average molecular weight is 271 g/mol. The Labute approximate surface area is 117 Å². The molecule has 0 fully saturated rings. The third kappa shape index (κ3) is 3.00. The molecule has 1 atom stereocenters. The highest BCUT2D eigenvalue weighted by molar-refractivity contribution is 5.73. The molecule has 0 saturated carbocycles. The molecule has 0 amide bonds. The fourth-order valence-corrected chi connectivity index (χ4v) is 2.04. The maximum atomic E-state index is 11.2. The van der Waals surface area contributed by atoms with E-state index in [0.717, 1.165) is 11.4 Å². The molecule has 2 rings (SSSR count). The van der Waals surface area contributed by atoms with E-state index < -0.39 is 12.0 Å². The number of hydrogen-bond donors (Lipinski definition) is 1. The lowest BCUT2D eigenvalue weighted by atomic mass is 10.1. The normalized spacial score (nSPS) is 12.6. The lowest BCUT2D eigenvalue weighted by Crippen LogP contribution is -2.39. The van der Waals surface area contributed by atoms with Gasteiger partial charge in [0.2, 0.25) is 0 Å². The zero-order valence-electron chi connectivity index (χ0n) is 11.5. The van der Waals surface area contributed by atoms with E-state index >= 15 is 0 Å². The summed E-state index contributed by atoms with van der Waals surface area (Å²) in [5.74, 6) is -0.871. The van der Waals surface area contributed by atoms with Gasteiger partial charge in [0.25, 0.3) is 0 Å². The number of aromatic nitrogens is 2. The second-order valence-corrected chi connectivity index (χ2v) is 4.59. The Morgan fingerprint density at radius 1 is 1.10 bits per heavy atom. The van der Waals surface area contributed by atoms with Gasteiger partial charge in [0, 0.05) is 12.4 Å². The molecular weight excluding hydrogens is 254 g/mol. The Morgan fingerprint density at radius 3 is 1.95 bits per heavy atom. The minimum atomic E-state index is -0.871. The average Bonchev–Trinajstić information content (AvgIpc) is 2.48. The van der Waals surface area contributed by atoms with Gasteiger partial charge >= 0.3 is 5.97 Å². The van der Waals surface area contributed by atoms with E-state index in [1.54, 1.807) is 31.3 Å². The van der Waals surface area contributed by atoms with E-state index in [4.69, 9.17) is 0 Å². The van der Waals surface area contributed by atoms with Crippen molar-refractivity contribution in [3.05, 3.63) is 60.2 Å². The van der Waals surface area contributed by atoms with E-state index in [-0.39, 0.29) is 6.04 Å². The van der Waals surface area contributed by atoms with Crippen molar-refractivity contribution in [2.24, 2.45) is 0 Å². The number of aliphatic carboxylic acids is 1. The van der Waals surface area contributed by atoms with Crippen molar-refractivity contribution in [3.63, 3.8) is 0 Å². The molecule has 2 aromatic rings. The Hall–Kier alpha value is -2.27. The molecule has 0 aromatic carbocycles. The number of pyridine rings is 2. The predicted molar refractivity (Wildman–Crippen MR) is 75.2 cm³/mol. The first-order valence-corrected chi connectivity index (χ1v) is 6.38. The molecule has 5 heteroatoms. The number of likely N-dealkylation sites (N-methyl/N-ethyl adjacent to an activating group) is 1. The van der Waals surface area contributed by atoms with Gasteiger partial charge in [-0.2, -0.15) is 0 Å². The van der Waals surface area contributed by atoms with Crippen LogP contribution in [0.15, 0.2) is 48.8 Å². The Kier molecular flexibility index (Phi) is 4.42. The fourth-order valence-electron chi connectivity index (χ4n) is 2.04. The molecule has 2 aromatic heterocycles. The zero-order chi connectivity index (χ0) is 14.5. The molecule has 0 aliphatic rings. The van der Waals surface area contributed by atoms with Crippen molar-refractivity contribution >= 4 is 5.97 Å². The summed E-state index contributed by atoms with van der Waals surface area (Å²) in [4.78, 5) is 21.7. The molecule has 0 aliphatic heterocycles. The molecule has 104 valence electrons. The lowest BCUT2D eigenvalue weighted by Gasteiger charge is -2.30. The Bertz CT molecular complexity index is 520. The SMILES string of the molecule is C[C@@H](C(=O)O)N(C)C(c1ccccn1)c1ccccn1. The van der Waals surface area contributed by atoms with E-state index in [1.807, 2.05) is 36.4 Å². The van der Waals surface area contributed by atoms with Crippen LogP contribution in [0.4, 0.5) is 0 Å². The van der Waals surface area contributed by atoms with Crippen LogP contribution in [0.3, 0.4) is 0 Å². The number of carbonyl (C=O) groups is 1. The third-order valence-electron chi connectivity index (χ3n) is 3.31. The van der Waals surface area contributed by atoms with Crippen molar-refractivity contribution < 1.29 is 9.90 Å². The van der Waals surface area contributed by atoms with Crippen LogP contribution in [0.5, 0.6) is 0 Å². The van der Waals surface area contributed by atoms with Gasteiger partial charge in [0.1, 0.15) is 6.04 Å². The van der Waals surface area contributed by atoms with E-state index in [1.165, 1.54) is 0 Å². The molecule has 1 N–H and O–H groups in total. The van der Waals surface area contributed by atoms with Gasteiger partial charge in [0.05, 0.1) is 17.4 Å². The summed E-state index contributed by atoms with van der Waals surface area (Å²) >= 11 is 0. The van der Waals surface area contributed by atoms with Gasteiger partial charge in [-0.25, -0.2) is 0 Å². The van der Waals surface area contributed by atoms with Gasteiger partial charge in [0.15, 0.2) is 0 Å². The van der Waals surface area contributed by atoms with E-state index in [0.29, 0.717) is 0 Å². The minimum absolute atomic E-state index is 0.288. The van der Waals surface area contributed by atoms with Gasteiger partial charge in [-0.05, 0) is 38.2 Å². The molecule has 0 unspecified atom stereocenters. The zero-order valence-corrected chi connectivity index (χ0v) is 11.5. The first-order chi connectivity index (χ1) is 9.61. The molecular formula is C15H17N3O2. The molecule has 0 radical (unpaired) electrons. The van der Waals surface area contributed by atoms with Crippen molar-refractivity contribution in [1.82, 2.24) is 14.9 Å². The second-order valence-electron chi connectivity index (χ2n) is 4.59. The summed E-state index contributed by atoms with van der Waals surface area (Å²) in [6.07, 6.45) is 3.40. The number of nitrogens with zero attached hydrogens (tertiary/aromatic N) is 3. The molecule has 0 spiro atoms. The lowest BCUT2D eigenvalue weighted by molar-refractivity contribution is -0.142. The highest BCUT2D eigenvalue weighted by Gasteiger charge is 2.28.